The molecule has 2 rings (SSSR count). The highest BCUT2D eigenvalue weighted by Gasteiger charge is 2.27. The van der Waals surface area contributed by atoms with Gasteiger partial charge in [0, 0.05) is 34.1 Å². The second-order valence-electron chi connectivity index (χ2n) is 5.29. The molecule has 20 heavy (non-hydrogen) atoms. The predicted molar refractivity (Wildman–Crippen MR) is 70.2 cm³/mol. The van der Waals surface area contributed by atoms with Crippen LogP contribution in [0.5, 0.6) is 0 Å². The first-order valence-electron chi connectivity index (χ1n) is 5.89. The first kappa shape index (κ1) is 14.0. The summed E-state index contributed by atoms with van der Waals surface area (Å²) in [5, 5.41) is 20.1. The summed E-state index contributed by atoms with van der Waals surface area (Å²) < 4.78 is 13.5. The number of aromatic amines is 1. The zero-order valence-electron chi connectivity index (χ0n) is 10.9. The molecule has 0 bridgehead atoms. The third kappa shape index (κ3) is 2.47. The van der Waals surface area contributed by atoms with Crippen LogP contribution < -0.4 is 0 Å². The van der Waals surface area contributed by atoms with E-state index in [4.69, 9.17) is 5.11 Å². The number of nitrogens with zero attached hydrogens (tertiary/aromatic N) is 1. The molecule has 0 aliphatic carbocycles. The lowest BCUT2D eigenvalue weighted by Crippen LogP contribution is -2.21. The molecule has 6 nitrogen and oxygen atoms in total. The van der Waals surface area contributed by atoms with Crippen molar-refractivity contribution in [1.29, 1.82) is 0 Å². The summed E-state index contributed by atoms with van der Waals surface area (Å²) in [5.74, 6) is -1.88. The van der Waals surface area contributed by atoms with Crippen molar-refractivity contribution in [3.05, 3.63) is 39.8 Å². The highest BCUT2D eigenvalue weighted by molar-refractivity contribution is 5.83. The Kier molecular flexibility index (Phi) is 3.21. The number of benzene rings is 1. The molecule has 0 spiro atoms. The molecule has 2 N–H and O–H groups in total. The van der Waals surface area contributed by atoms with Gasteiger partial charge in [-0.25, -0.2) is 0 Å². The molecule has 0 unspecified atom stereocenters. The molecule has 106 valence electrons. The Balaban J connectivity index is 2.54. The van der Waals surface area contributed by atoms with Crippen LogP contribution in [0, 0.1) is 15.9 Å². The Morgan fingerprint density at radius 3 is 2.65 bits per heavy atom. The molecule has 7 heteroatoms. The lowest BCUT2D eigenvalue weighted by atomic mass is 9.86. The maximum atomic E-state index is 13.5. The Bertz CT molecular complexity index is 706. The minimum absolute atomic E-state index is 0.107. The molecule has 1 heterocycles. The van der Waals surface area contributed by atoms with Crippen molar-refractivity contribution in [2.75, 3.05) is 0 Å². The molecule has 1 aromatic carbocycles. The average molecular weight is 280 g/mol. The SMILES string of the molecule is CC(C)(CC(=O)O)c1cc2cc([N+](=O)[O-])c(F)cc2[nH]1. The largest absolute Gasteiger partial charge is 0.481 e. The Hall–Kier alpha value is -2.44. The van der Waals surface area contributed by atoms with E-state index in [9.17, 15) is 19.3 Å². The van der Waals surface area contributed by atoms with E-state index in [1.54, 1.807) is 19.9 Å². The van der Waals surface area contributed by atoms with Crippen molar-refractivity contribution in [2.24, 2.45) is 0 Å². The maximum absolute atomic E-state index is 13.5. The molecule has 0 atom stereocenters. The van der Waals surface area contributed by atoms with Crippen LogP contribution in [0.1, 0.15) is 26.0 Å². The number of carboxylic acids is 1. The lowest BCUT2D eigenvalue weighted by Gasteiger charge is -2.20. The Morgan fingerprint density at radius 1 is 1.45 bits per heavy atom. The number of carboxylic acid groups (broad SMARTS) is 1. The van der Waals surface area contributed by atoms with Crippen LogP contribution in [0.4, 0.5) is 10.1 Å². The summed E-state index contributed by atoms with van der Waals surface area (Å²) in [4.78, 5) is 23.7. The van der Waals surface area contributed by atoms with Crippen LogP contribution in [0.2, 0.25) is 0 Å². The van der Waals surface area contributed by atoms with Crippen LogP contribution >= 0.6 is 0 Å². The first-order valence-corrected chi connectivity index (χ1v) is 5.89. The number of halogens is 1. The molecule has 0 amide bonds. The number of hydrogen-bond donors (Lipinski definition) is 2. The first-order chi connectivity index (χ1) is 9.20. The number of aliphatic carboxylic acids is 1. The van der Waals surface area contributed by atoms with Crippen LogP contribution in [0.3, 0.4) is 0 Å². The molecule has 0 aliphatic heterocycles. The third-order valence-corrected chi connectivity index (χ3v) is 3.21. The fourth-order valence-corrected chi connectivity index (χ4v) is 2.12. The van der Waals surface area contributed by atoms with E-state index in [1.165, 1.54) is 0 Å². The van der Waals surface area contributed by atoms with E-state index in [0.717, 1.165) is 12.1 Å². The summed E-state index contributed by atoms with van der Waals surface area (Å²) in [6.45, 7) is 3.47. The van der Waals surface area contributed by atoms with Crippen molar-refractivity contribution in [1.82, 2.24) is 4.98 Å². The second kappa shape index (κ2) is 4.59. The van der Waals surface area contributed by atoms with Gasteiger partial charge in [0.25, 0.3) is 0 Å². The van der Waals surface area contributed by atoms with Crippen molar-refractivity contribution in [2.45, 2.75) is 25.7 Å². The number of carbonyl (C=O) groups is 1. The normalized spacial score (nSPS) is 11.8. The number of H-pyrrole nitrogens is 1. The molecule has 1 aromatic heterocycles. The summed E-state index contributed by atoms with van der Waals surface area (Å²) in [6.07, 6.45) is -0.107. The van der Waals surface area contributed by atoms with Crippen molar-refractivity contribution in [3.8, 4) is 0 Å². The van der Waals surface area contributed by atoms with Gasteiger partial charge in [-0.3, -0.25) is 14.9 Å². The third-order valence-electron chi connectivity index (χ3n) is 3.21. The molecule has 0 saturated heterocycles. The van der Waals surface area contributed by atoms with Crippen LogP contribution in [-0.4, -0.2) is 21.0 Å². The van der Waals surface area contributed by atoms with Gasteiger partial charge in [-0.05, 0) is 6.07 Å². The van der Waals surface area contributed by atoms with Gasteiger partial charge in [-0.1, -0.05) is 13.8 Å². The van der Waals surface area contributed by atoms with Gasteiger partial charge < -0.3 is 10.1 Å². The van der Waals surface area contributed by atoms with Gasteiger partial charge >= 0.3 is 11.7 Å². The quantitative estimate of drug-likeness (QED) is 0.664. The number of aromatic nitrogens is 1. The monoisotopic (exact) mass is 280 g/mol. The van der Waals surface area contributed by atoms with Gasteiger partial charge in [0.05, 0.1) is 11.3 Å². The van der Waals surface area contributed by atoms with Crippen LogP contribution in [-0.2, 0) is 10.2 Å². The molecule has 0 fully saturated rings. The zero-order valence-corrected chi connectivity index (χ0v) is 10.9. The zero-order chi connectivity index (χ0) is 15.1. The minimum Gasteiger partial charge on any atom is -0.481 e. The number of nitro benzene ring substituents is 1. The standard InChI is InChI=1S/C13H13FN2O4/c1-13(2,6-12(17)18)11-4-7-3-10(16(19)20)8(14)5-9(7)15-11/h3-5,15H,6H2,1-2H3,(H,17,18). The van der Waals surface area contributed by atoms with Gasteiger partial charge in [0.2, 0.25) is 5.82 Å². The predicted octanol–water partition coefficient (Wildman–Crippen LogP) is 2.97. The average Bonchev–Trinajstić information content (AvgIpc) is 2.69. The van der Waals surface area contributed by atoms with Gasteiger partial charge in [0.1, 0.15) is 0 Å². The molecular formula is C13H13FN2O4. The van der Waals surface area contributed by atoms with Gasteiger partial charge in [0.15, 0.2) is 0 Å². The fourth-order valence-electron chi connectivity index (χ4n) is 2.12. The van der Waals surface area contributed by atoms with E-state index in [-0.39, 0.29) is 6.42 Å². The molecule has 2 aromatic rings. The van der Waals surface area contributed by atoms with Gasteiger partial charge in [-0.2, -0.15) is 4.39 Å². The minimum atomic E-state index is -0.953. The topological polar surface area (TPSA) is 96.2 Å². The Labute approximate surface area is 113 Å². The van der Waals surface area contributed by atoms with E-state index >= 15 is 0 Å². The number of rotatable bonds is 4. The summed E-state index contributed by atoms with van der Waals surface area (Å²) >= 11 is 0. The molecular weight excluding hydrogens is 267 g/mol. The summed E-state index contributed by atoms with van der Waals surface area (Å²) in [5.41, 5.74) is -0.286. The number of fused-ring (bicyclic) bond motifs is 1. The van der Waals surface area contributed by atoms with Crippen molar-refractivity contribution in [3.63, 3.8) is 0 Å². The van der Waals surface area contributed by atoms with Crippen LogP contribution in [0.25, 0.3) is 10.9 Å². The van der Waals surface area contributed by atoms with E-state index in [1.807, 2.05) is 0 Å². The molecule has 0 saturated carbocycles. The van der Waals surface area contributed by atoms with E-state index < -0.39 is 27.8 Å². The fraction of sp³-hybridized carbons (Fsp3) is 0.308. The highest BCUT2D eigenvalue weighted by Crippen LogP contribution is 2.31. The maximum Gasteiger partial charge on any atom is 0.305 e. The van der Waals surface area contributed by atoms with E-state index in [2.05, 4.69) is 4.98 Å². The van der Waals surface area contributed by atoms with Crippen LogP contribution in [0.15, 0.2) is 18.2 Å². The number of hydrogen-bond acceptors (Lipinski definition) is 3. The summed E-state index contributed by atoms with van der Waals surface area (Å²) in [6, 6.07) is 3.81. The number of nitro groups is 1. The molecule has 0 radical (unpaired) electrons. The smallest absolute Gasteiger partial charge is 0.305 e. The Morgan fingerprint density at radius 2 is 2.10 bits per heavy atom. The van der Waals surface area contributed by atoms with Crippen molar-refractivity contribution >= 4 is 22.6 Å². The lowest BCUT2D eigenvalue weighted by molar-refractivity contribution is -0.387. The van der Waals surface area contributed by atoms with Gasteiger partial charge in [-0.15, -0.1) is 0 Å². The van der Waals surface area contributed by atoms with E-state index in [0.29, 0.717) is 16.6 Å². The number of nitrogens with one attached hydrogen (secondary N) is 1. The summed E-state index contributed by atoms with van der Waals surface area (Å²) in [7, 11) is 0. The highest BCUT2D eigenvalue weighted by atomic mass is 19.1. The molecule has 0 aliphatic rings. The van der Waals surface area contributed by atoms with Crippen molar-refractivity contribution < 1.29 is 19.2 Å². The second-order valence-corrected chi connectivity index (χ2v) is 5.29.